The number of nitrogens with two attached hydrogens (primary N) is 1. The van der Waals surface area contributed by atoms with Crippen molar-refractivity contribution in [2.75, 3.05) is 0 Å². The molecule has 0 atom stereocenters. The molecule has 0 spiro atoms. The average Bonchev–Trinajstić information content (AvgIpc) is 2.32. The zero-order valence-electron chi connectivity index (χ0n) is 9.50. The van der Waals surface area contributed by atoms with Gasteiger partial charge in [0.2, 0.25) is 0 Å². The van der Waals surface area contributed by atoms with Crippen LogP contribution >= 0.6 is 23.2 Å². The van der Waals surface area contributed by atoms with E-state index in [-0.39, 0.29) is 0 Å². The van der Waals surface area contributed by atoms with Crippen LogP contribution in [0.5, 0.6) is 0 Å². The summed E-state index contributed by atoms with van der Waals surface area (Å²) in [5.74, 6) is 0. The summed E-state index contributed by atoms with van der Waals surface area (Å²) in [7, 11) is 0. The number of hydrogen-bond donors (Lipinski definition) is 1. The molecule has 2 aromatic rings. The smallest absolute Gasteiger partial charge is 0.0487 e. The Balaban J connectivity index is 2.49. The molecule has 0 radical (unpaired) electrons. The van der Waals surface area contributed by atoms with Gasteiger partial charge >= 0.3 is 0 Å². The van der Waals surface area contributed by atoms with Crippen LogP contribution < -0.4 is 5.73 Å². The highest BCUT2D eigenvalue weighted by Crippen LogP contribution is 2.31. The maximum Gasteiger partial charge on any atom is 0.0487 e. The van der Waals surface area contributed by atoms with Gasteiger partial charge in [0.05, 0.1) is 0 Å². The Bertz CT molecular complexity index is 550. The molecule has 0 saturated heterocycles. The van der Waals surface area contributed by atoms with Gasteiger partial charge in [0, 0.05) is 22.2 Å². The molecule has 2 N–H and O–H groups in total. The van der Waals surface area contributed by atoms with Crippen LogP contribution in [-0.4, -0.2) is 0 Å². The van der Waals surface area contributed by atoms with E-state index < -0.39 is 0 Å². The molecule has 0 aliphatic carbocycles. The molecule has 2 aromatic carbocycles. The van der Waals surface area contributed by atoms with Gasteiger partial charge in [-0.1, -0.05) is 47.5 Å². The molecule has 0 bridgehead atoms. The van der Waals surface area contributed by atoms with E-state index in [9.17, 15) is 0 Å². The van der Waals surface area contributed by atoms with Gasteiger partial charge in [-0.3, -0.25) is 0 Å². The van der Waals surface area contributed by atoms with E-state index in [1.165, 1.54) is 0 Å². The van der Waals surface area contributed by atoms with Crippen molar-refractivity contribution in [1.29, 1.82) is 0 Å². The van der Waals surface area contributed by atoms with Gasteiger partial charge in [-0.15, -0.1) is 0 Å². The Hall–Kier alpha value is -1.02. The third-order valence-corrected chi connectivity index (χ3v) is 3.47. The maximum absolute atomic E-state index is 6.24. The zero-order valence-corrected chi connectivity index (χ0v) is 11.0. The Morgan fingerprint density at radius 3 is 2.35 bits per heavy atom. The largest absolute Gasteiger partial charge is 0.326 e. The van der Waals surface area contributed by atoms with Gasteiger partial charge in [0.25, 0.3) is 0 Å². The minimum atomic E-state index is 0.495. The molecule has 0 amide bonds. The summed E-state index contributed by atoms with van der Waals surface area (Å²) in [6, 6.07) is 11.8. The number of benzene rings is 2. The predicted molar refractivity (Wildman–Crippen MR) is 74.5 cm³/mol. The van der Waals surface area contributed by atoms with Crippen LogP contribution in [0.15, 0.2) is 36.4 Å². The standard InChI is InChI=1S/C14H13Cl2N/c1-9-2-4-11(7-13(9)15)12-5-3-10(8-17)6-14(12)16/h2-7H,8,17H2,1H3. The fourth-order valence-corrected chi connectivity index (χ4v) is 2.17. The normalized spacial score (nSPS) is 10.6. The highest BCUT2D eigenvalue weighted by molar-refractivity contribution is 6.34. The van der Waals surface area contributed by atoms with Crippen molar-refractivity contribution in [1.82, 2.24) is 0 Å². The summed E-state index contributed by atoms with van der Waals surface area (Å²) in [4.78, 5) is 0. The lowest BCUT2D eigenvalue weighted by Gasteiger charge is -2.08. The number of aryl methyl sites for hydroxylation is 1. The fourth-order valence-electron chi connectivity index (χ4n) is 1.68. The van der Waals surface area contributed by atoms with Gasteiger partial charge in [0.15, 0.2) is 0 Å². The Kier molecular flexibility index (Phi) is 3.72. The van der Waals surface area contributed by atoms with E-state index in [4.69, 9.17) is 28.9 Å². The Morgan fingerprint density at radius 2 is 1.76 bits per heavy atom. The van der Waals surface area contributed by atoms with Crippen molar-refractivity contribution >= 4 is 23.2 Å². The second-order valence-electron chi connectivity index (χ2n) is 3.98. The molecule has 0 heterocycles. The highest BCUT2D eigenvalue weighted by atomic mass is 35.5. The first-order chi connectivity index (χ1) is 8.11. The Labute approximate surface area is 111 Å². The summed E-state index contributed by atoms with van der Waals surface area (Å²) >= 11 is 12.3. The van der Waals surface area contributed by atoms with Crippen LogP contribution in [0.4, 0.5) is 0 Å². The van der Waals surface area contributed by atoms with E-state index in [1.54, 1.807) is 0 Å². The maximum atomic E-state index is 6.24. The third-order valence-electron chi connectivity index (χ3n) is 2.75. The molecule has 3 heteroatoms. The average molecular weight is 266 g/mol. The number of hydrogen-bond acceptors (Lipinski definition) is 1. The second kappa shape index (κ2) is 5.09. The van der Waals surface area contributed by atoms with Crippen molar-refractivity contribution in [3.05, 3.63) is 57.6 Å². The van der Waals surface area contributed by atoms with Crippen molar-refractivity contribution in [3.63, 3.8) is 0 Å². The van der Waals surface area contributed by atoms with E-state index >= 15 is 0 Å². The lowest BCUT2D eigenvalue weighted by Crippen LogP contribution is -1.96. The first-order valence-electron chi connectivity index (χ1n) is 5.37. The minimum Gasteiger partial charge on any atom is -0.326 e. The van der Waals surface area contributed by atoms with Crippen LogP contribution in [0.25, 0.3) is 11.1 Å². The molecule has 0 unspecified atom stereocenters. The molecule has 1 nitrogen and oxygen atoms in total. The molecule has 2 rings (SSSR count). The van der Waals surface area contributed by atoms with Crippen molar-refractivity contribution < 1.29 is 0 Å². The van der Waals surface area contributed by atoms with Crippen molar-refractivity contribution in [3.8, 4) is 11.1 Å². The van der Waals surface area contributed by atoms with Gasteiger partial charge < -0.3 is 5.73 Å². The molecular weight excluding hydrogens is 253 g/mol. The van der Waals surface area contributed by atoms with Gasteiger partial charge in [-0.25, -0.2) is 0 Å². The summed E-state index contributed by atoms with van der Waals surface area (Å²) < 4.78 is 0. The molecule has 88 valence electrons. The van der Waals surface area contributed by atoms with Gasteiger partial charge in [-0.2, -0.15) is 0 Å². The summed E-state index contributed by atoms with van der Waals surface area (Å²) in [5, 5.41) is 1.45. The first-order valence-corrected chi connectivity index (χ1v) is 6.12. The monoisotopic (exact) mass is 265 g/mol. The molecule has 0 aliphatic heterocycles. The van der Waals surface area contributed by atoms with Crippen LogP contribution in [0.1, 0.15) is 11.1 Å². The molecule has 0 fully saturated rings. The quantitative estimate of drug-likeness (QED) is 0.855. The van der Waals surface area contributed by atoms with E-state index in [1.807, 2.05) is 43.3 Å². The van der Waals surface area contributed by atoms with Crippen LogP contribution in [0.3, 0.4) is 0 Å². The van der Waals surface area contributed by atoms with Gasteiger partial charge in [0.1, 0.15) is 0 Å². The van der Waals surface area contributed by atoms with E-state index in [0.717, 1.165) is 27.3 Å². The highest BCUT2D eigenvalue weighted by Gasteiger charge is 2.06. The molecular formula is C14H13Cl2N. The predicted octanol–water partition coefficient (Wildman–Crippen LogP) is 4.43. The Morgan fingerprint density at radius 1 is 1.00 bits per heavy atom. The lowest BCUT2D eigenvalue weighted by atomic mass is 10.0. The van der Waals surface area contributed by atoms with Crippen LogP contribution in [-0.2, 0) is 6.54 Å². The third kappa shape index (κ3) is 2.63. The van der Waals surface area contributed by atoms with Crippen molar-refractivity contribution in [2.45, 2.75) is 13.5 Å². The lowest BCUT2D eigenvalue weighted by molar-refractivity contribution is 1.07. The fraction of sp³-hybridized carbons (Fsp3) is 0.143. The summed E-state index contributed by atoms with van der Waals surface area (Å²) in [6.07, 6.45) is 0. The number of halogens is 2. The zero-order chi connectivity index (χ0) is 12.4. The molecule has 0 aromatic heterocycles. The van der Waals surface area contributed by atoms with Crippen LogP contribution in [0.2, 0.25) is 10.0 Å². The second-order valence-corrected chi connectivity index (χ2v) is 4.80. The van der Waals surface area contributed by atoms with E-state index in [2.05, 4.69) is 0 Å². The van der Waals surface area contributed by atoms with E-state index in [0.29, 0.717) is 11.6 Å². The van der Waals surface area contributed by atoms with Gasteiger partial charge in [-0.05, 0) is 35.7 Å². The number of rotatable bonds is 2. The van der Waals surface area contributed by atoms with Crippen molar-refractivity contribution in [2.24, 2.45) is 5.73 Å². The SMILES string of the molecule is Cc1ccc(-c2ccc(CN)cc2Cl)cc1Cl. The first kappa shape index (κ1) is 12.4. The molecule has 17 heavy (non-hydrogen) atoms. The molecule has 0 aliphatic rings. The molecule has 0 saturated carbocycles. The summed E-state index contributed by atoms with van der Waals surface area (Å²) in [6.45, 7) is 2.47. The van der Waals surface area contributed by atoms with Crippen LogP contribution in [0, 0.1) is 6.92 Å². The topological polar surface area (TPSA) is 26.0 Å². The summed E-state index contributed by atoms with van der Waals surface area (Å²) in [5.41, 5.74) is 9.66. The minimum absolute atomic E-state index is 0.495.